The van der Waals surface area contributed by atoms with E-state index >= 15 is 0 Å². The number of ether oxygens (including phenoxy) is 1. The standard InChI is InChI=1S/C30H40ClNO3/c1-3-19-8-12-25(13-9-19)35-28-15-11-20-16-21(10-14-26(20)29(28)31)27(4-2)32-23-6-5-7-24(32)18-22(17-23)30(33)34/h10-11,14-16,19,22-25,27H,3-9,12-13,17-18H2,1-2H3,(H,33,34)/t19-,22?,23?,24?,25+,27?. The molecule has 2 heterocycles. The summed E-state index contributed by atoms with van der Waals surface area (Å²) >= 11 is 6.86. The third-order valence-corrected chi connectivity index (χ3v) is 9.51. The molecule has 1 aliphatic carbocycles. The first kappa shape index (κ1) is 24.9. The van der Waals surface area contributed by atoms with Crippen LogP contribution in [0, 0.1) is 11.8 Å². The monoisotopic (exact) mass is 497 g/mol. The van der Waals surface area contributed by atoms with Gasteiger partial charge >= 0.3 is 5.97 Å². The van der Waals surface area contributed by atoms with Gasteiger partial charge in [-0.05, 0) is 86.8 Å². The van der Waals surface area contributed by atoms with Crippen LogP contribution in [-0.2, 0) is 4.79 Å². The van der Waals surface area contributed by atoms with Crippen molar-refractivity contribution in [1.82, 2.24) is 4.90 Å². The number of hydrogen-bond donors (Lipinski definition) is 1. The van der Waals surface area contributed by atoms with E-state index in [1.54, 1.807) is 0 Å². The van der Waals surface area contributed by atoms with Gasteiger partial charge in [0.25, 0.3) is 0 Å². The predicted octanol–water partition coefficient (Wildman–Crippen LogP) is 8.01. The fraction of sp³-hybridized carbons (Fsp3) is 0.633. The maximum atomic E-state index is 11.7. The topological polar surface area (TPSA) is 49.8 Å². The van der Waals surface area contributed by atoms with Gasteiger partial charge in [-0.3, -0.25) is 9.69 Å². The van der Waals surface area contributed by atoms with Gasteiger partial charge in [0.1, 0.15) is 5.75 Å². The Morgan fingerprint density at radius 1 is 1.06 bits per heavy atom. The quantitative estimate of drug-likeness (QED) is 0.420. The molecule has 5 heteroatoms. The van der Waals surface area contributed by atoms with Gasteiger partial charge < -0.3 is 9.84 Å². The van der Waals surface area contributed by atoms with Crippen molar-refractivity contribution in [2.75, 3.05) is 0 Å². The van der Waals surface area contributed by atoms with Crippen LogP contribution in [0.2, 0.25) is 5.02 Å². The Bertz CT molecular complexity index is 1030. The van der Waals surface area contributed by atoms with E-state index in [0.29, 0.717) is 18.1 Å². The minimum atomic E-state index is -0.619. The molecule has 0 amide bonds. The van der Waals surface area contributed by atoms with E-state index in [2.05, 4.69) is 43.0 Å². The van der Waals surface area contributed by atoms with Gasteiger partial charge in [-0.15, -0.1) is 0 Å². The first-order valence-electron chi connectivity index (χ1n) is 13.9. The van der Waals surface area contributed by atoms with Gasteiger partial charge in [0.15, 0.2) is 0 Å². The fourth-order valence-electron chi connectivity index (χ4n) is 7.17. The number of benzene rings is 2. The molecule has 3 fully saturated rings. The molecule has 190 valence electrons. The van der Waals surface area contributed by atoms with E-state index < -0.39 is 5.97 Å². The largest absolute Gasteiger partial charge is 0.489 e. The van der Waals surface area contributed by atoms with Crippen LogP contribution in [0.5, 0.6) is 5.75 Å². The van der Waals surface area contributed by atoms with Gasteiger partial charge in [0, 0.05) is 23.5 Å². The van der Waals surface area contributed by atoms with Crippen LogP contribution in [-0.4, -0.2) is 34.2 Å². The molecule has 2 aromatic rings. The molecule has 3 unspecified atom stereocenters. The third kappa shape index (κ3) is 5.06. The van der Waals surface area contributed by atoms with Crippen molar-refractivity contribution in [3.8, 4) is 5.75 Å². The zero-order valence-corrected chi connectivity index (χ0v) is 22.0. The zero-order chi connectivity index (χ0) is 24.5. The number of aliphatic carboxylic acids is 1. The molecule has 5 rings (SSSR count). The normalized spacial score (nSPS) is 30.2. The summed E-state index contributed by atoms with van der Waals surface area (Å²) in [5.41, 5.74) is 1.31. The van der Waals surface area contributed by atoms with E-state index in [0.717, 1.165) is 72.4 Å². The number of hydrogen-bond acceptors (Lipinski definition) is 3. The SMILES string of the molecule is CCC(c1ccc2c(Cl)c(O[C@H]3CC[C@@H](CC)CC3)ccc2c1)N1C2CCCC1CC(C(=O)O)C2. The maximum absolute atomic E-state index is 11.7. The van der Waals surface area contributed by atoms with Crippen LogP contribution >= 0.6 is 11.6 Å². The van der Waals surface area contributed by atoms with Crippen molar-refractivity contribution in [2.45, 2.75) is 109 Å². The molecular weight excluding hydrogens is 458 g/mol. The maximum Gasteiger partial charge on any atom is 0.306 e. The molecule has 2 bridgehead atoms. The number of carboxylic acid groups (broad SMARTS) is 1. The van der Waals surface area contributed by atoms with Gasteiger partial charge in [-0.25, -0.2) is 0 Å². The summed E-state index contributed by atoms with van der Waals surface area (Å²) in [6, 6.07) is 11.9. The second kappa shape index (κ2) is 10.7. The van der Waals surface area contributed by atoms with E-state index in [1.807, 2.05) is 6.07 Å². The molecule has 2 saturated heterocycles. The number of rotatable bonds is 7. The molecule has 3 atom stereocenters. The lowest BCUT2D eigenvalue weighted by molar-refractivity contribution is -0.147. The minimum Gasteiger partial charge on any atom is -0.489 e. The lowest BCUT2D eigenvalue weighted by Crippen LogP contribution is -2.54. The second-order valence-corrected chi connectivity index (χ2v) is 11.5. The summed E-state index contributed by atoms with van der Waals surface area (Å²) in [6.07, 6.45) is 12.3. The summed E-state index contributed by atoms with van der Waals surface area (Å²) in [7, 11) is 0. The highest BCUT2D eigenvalue weighted by Gasteiger charge is 2.43. The van der Waals surface area contributed by atoms with E-state index in [4.69, 9.17) is 16.3 Å². The molecule has 1 saturated carbocycles. The molecule has 0 aromatic heterocycles. The number of nitrogens with zero attached hydrogens (tertiary/aromatic N) is 1. The lowest BCUT2D eigenvalue weighted by Gasteiger charge is -2.51. The van der Waals surface area contributed by atoms with Crippen LogP contribution in [0.1, 0.15) is 96.1 Å². The Morgan fingerprint density at radius 2 is 1.77 bits per heavy atom. The van der Waals surface area contributed by atoms with Crippen molar-refractivity contribution >= 4 is 28.3 Å². The van der Waals surface area contributed by atoms with Gasteiger partial charge in [-0.2, -0.15) is 0 Å². The molecule has 2 aliphatic heterocycles. The van der Waals surface area contributed by atoms with E-state index in [-0.39, 0.29) is 12.0 Å². The highest BCUT2D eigenvalue weighted by Crippen LogP contribution is 2.44. The predicted molar refractivity (Wildman–Crippen MR) is 142 cm³/mol. The van der Waals surface area contributed by atoms with Crippen LogP contribution in [0.15, 0.2) is 30.3 Å². The smallest absolute Gasteiger partial charge is 0.306 e. The van der Waals surface area contributed by atoms with Gasteiger partial charge in [-0.1, -0.05) is 56.5 Å². The summed E-state index contributed by atoms with van der Waals surface area (Å²) < 4.78 is 6.37. The molecule has 2 aromatic carbocycles. The molecular formula is C30H40ClNO3. The number of piperidine rings is 2. The van der Waals surface area contributed by atoms with E-state index in [1.165, 1.54) is 31.2 Å². The highest BCUT2D eigenvalue weighted by molar-refractivity contribution is 6.37. The molecule has 4 nitrogen and oxygen atoms in total. The Labute approximate surface area is 215 Å². The fourth-order valence-corrected chi connectivity index (χ4v) is 7.45. The van der Waals surface area contributed by atoms with Gasteiger partial charge in [0.05, 0.1) is 17.0 Å². The average molecular weight is 498 g/mol. The van der Waals surface area contributed by atoms with Crippen molar-refractivity contribution in [3.63, 3.8) is 0 Å². The van der Waals surface area contributed by atoms with Gasteiger partial charge in [0.2, 0.25) is 0 Å². The number of fused-ring (bicyclic) bond motifs is 3. The number of carboxylic acids is 1. The lowest BCUT2D eigenvalue weighted by atomic mass is 9.76. The average Bonchev–Trinajstić information content (AvgIpc) is 2.86. The Kier molecular flexibility index (Phi) is 7.60. The second-order valence-electron chi connectivity index (χ2n) is 11.1. The number of carbonyl (C=O) groups is 1. The third-order valence-electron chi connectivity index (χ3n) is 9.12. The van der Waals surface area contributed by atoms with Crippen LogP contribution in [0.4, 0.5) is 0 Å². The minimum absolute atomic E-state index is 0.190. The first-order valence-corrected chi connectivity index (χ1v) is 14.2. The van der Waals surface area contributed by atoms with Crippen molar-refractivity contribution < 1.29 is 14.6 Å². The Balaban J connectivity index is 1.36. The molecule has 0 spiro atoms. The summed E-state index contributed by atoms with van der Waals surface area (Å²) in [6.45, 7) is 4.54. The summed E-state index contributed by atoms with van der Waals surface area (Å²) in [5.74, 6) is 0.849. The molecule has 0 radical (unpaired) electrons. The molecule has 3 aliphatic rings. The molecule has 35 heavy (non-hydrogen) atoms. The molecule has 1 N–H and O–H groups in total. The zero-order valence-electron chi connectivity index (χ0n) is 21.2. The van der Waals surface area contributed by atoms with Crippen LogP contribution < -0.4 is 4.74 Å². The van der Waals surface area contributed by atoms with E-state index in [9.17, 15) is 9.90 Å². The summed E-state index contributed by atoms with van der Waals surface area (Å²) in [4.78, 5) is 14.4. The first-order chi connectivity index (χ1) is 17.0. The summed E-state index contributed by atoms with van der Waals surface area (Å²) in [5, 5.41) is 12.6. The van der Waals surface area contributed by atoms with Crippen molar-refractivity contribution in [1.29, 1.82) is 0 Å². The Hall–Kier alpha value is -1.78. The number of halogens is 1. The highest BCUT2D eigenvalue weighted by atomic mass is 35.5. The van der Waals surface area contributed by atoms with Crippen molar-refractivity contribution in [2.24, 2.45) is 11.8 Å². The van der Waals surface area contributed by atoms with Crippen molar-refractivity contribution in [3.05, 3.63) is 40.9 Å². The Morgan fingerprint density at radius 3 is 2.40 bits per heavy atom. The van der Waals surface area contributed by atoms with Crippen LogP contribution in [0.3, 0.4) is 0 Å². The van der Waals surface area contributed by atoms with Crippen LogP contribution in [0.25, 0.3) is 10.8 Å².